The SMILES string of the molecule is CCNc1ncc(C(=O)NCCc2ccnn2C)cc1Cl. The lowest BCUT2D eigenvalue weighted by molar-refractivity contribution is 0.0953. The number of hydrogen-bond donors (Lipinski definition) is 2. The maximum atomic E-state index is 12.0. The molecule has 0 atom stereocenters. The van der Waals surface area contributed by atoms with Crippen LogP contribution in [0.1, 0.15) is 23.0 Å². The molecule has 0 unspecified atom stereocenters. The van der Waals surface area contributed by atoms with Crippen molar-refractivity contribution in [1.82, 2.24) is 20.1 Å². The minimum atomic E-state index is -0.186. The Labute approximate surface area is 128 Å². The summed E-state index contributed by atoms with van der Waals surface area (Å²) in [5, 5.41) is 10.4. The molecule has 0 aliphatic heterocycles. The summed E-state index contributed by atoms with van der Waals surface area (Å²) in [7, 11) is 1.88. The molecular weight excluding hydrogens is 290 g/mol. The third-order valence-corrected chi connectivity index (χ3v) is 3.32. The van der Waals surface area contributed by atoms with E-state index >= 15 is 0 Å². The van der Waals surface area contributed by atoms with E-state index in [1.807, 2.05) is 20.0 Å². The summed E-state index contributed by atoms with van der Waals surface area (Å²) in [6.45, 7) is 3.21. The van der Waals surface area contributed by atoms with Crippen LogP contribution in [0.4, 0.5) is 5.82 Å². The number of amides is 1. The molecular formula is C14H18ClN5O. The van der Waals surface area contributed by atoms with Gasteiger partial charge in [0.05, 0.1) is 10.6 Å². The molecule has 0 aliphatic carbocycles. The average molecular weight is 308 g/mol. The molecule has 0 fully saturated rings. The highest BCUT2D eigenvalue weighted by atomic mass is 35.5. The number of hydrogen-bond acceptors (Lipinski definition) is 4. The first-order chi connectivity index (χ1) is 10.1. The number of nitrogens with one attached hydrogen (secondary N) is 2. The normalized spacial score (nSPS) is 10.4. The van der Waals surface area contributed by atoms with Gasteiger partial charge >= 0.3 is 0 Å². The Morgan fingerprint density at radius 2 is 2.29 bits per heavy atom. The molecule has 2 heterocycles. The zero-order chi connectivity index (χ0) is 15.2. The van der Waals surface area contributed by atoms with E-state index in [2.05, 4.69) is 20.7 Å². The first-order valence-corrected chi connectivity index (χ1v) is 7.14. The smallest absolute Gasteiger partial charge is 0.252 e. The number of nitrogens with zero attached hydrogens (tertiary/aromatic N) is 3. The lowest BCUT2D eigenvalue weighted by Crippen LogP contribution is -2.26. The summed E-state index contributed by atoms with van der Waals surface area (Å²) in [6.07, 6.45) is 3.97. The van der Waals surface area contributed by atoms with Crippen molar-refractivity contribution in [3.8, 4) is 0 Å². The van der Waals surface area contributed by atoms with Gasteiger partial charge in [-0.25, -0.2) is 4.98 Å². The Morgan fingerprint density at radius 1 is 1.48 bits per heavy atom. The molecule has 112 valence electrons. The van der Waals surface area contributed by atoms with Crippen LogP contribution in [0.25, 0.3) is 0 Å². The minimum absolute atomic E-state index is 0.186. The van der Waals surface area contributed by atoms with Crippen LogP contribution < -0.4 is 10.6 Å². The number of anilines is 1. The van der Waals surface area contributed by atoms with Crippen molar-refractivity contribution in [2.24, 2.45) is 7.05 Å². The van der Waals surface area contributed by atoms with Crippen molar-refractivity contribution in [2.75, 3.05) is 18.4 Å². The van der Waals surface area contributed by atoms with Gasteiger partial charge in [-0.3, -0.25) is 9.48 Å². The maximum Gasteiger partial charge on any atom is 0.252 e. The average Bonchev–Trinajstić information content (AvgIpc) is 2.87. The fourth-order valence-electron chi connectivity index (χ4n) is 1.91. The molecule has 0 saturated carbocycles. The van der Waals surface area contributed by atoms with E-state index in [1.165, 1.54) is 6.20 Å². The standard InChI is InChI=1S/C14H18ClN5O/c1-3-16-13-12(15)8-10(9-18-13)14(21)17-6-4-11-5-7-19-20(11)2/h5,7-9H,3-4,6H2,1-2H3,(H,16,18)(H,17,21). The lowest BCUT2D eigenvalue weighted by Gasteiger charge is -2.08. The molecule has 0 aromatic carbocycles. The summed E-state index contributed by atoms with van der Waals surface area (Å²) in [4.78, 5) is 16.2. The van der Waals surface area contributed by atoms with Gasteiger partial charge < -0.3 is 10.6 Å². The molecule has 0 bridgehead atoms. The van der Waals surface area contributed by atoms with Crippen LogP contribution in [0.3, 0.4) is 0 Å². The Kier molecular flexibility index (Phi) is 5.16. The zero-order valence-electron chi connectivity index (χ0n) is 12.1. The Morgan fingerprint density at radius 3 is 2.90 bits per heavy atom. The summed E-state index contributed by atoms with van der Waals surface area (Å²) < 4.78 is 1.79. The zero-order valence-corrected chi connectivity index (χ0v) is 12.8. The van der Waals surface area contributed by atoms with Crippen LogP contribution in [-0.4, -0.2) is 33.8 Å². The third-order valence-electron chi connectivity index (χ3n) is 3.04. The maximum absolute atomic E-state index is 12.0. The molecule has 2 rings (SSSR count). The molecule has 7 heteroatoms. The number of aromatic nitrogens is 3. The second-order valence-electron chi connectivity index (χ2n) is 4.54. The van der Waals surface area contributed by atoms with E-state index in [1.54, 1.807) is 16.9 Å². The molecule has 0 radical (unpaired) electrons. The molecule has 2 aromatic heterocycles. The summed E-state index contributed by atoms with van der Waals surface area (Å²) >= 11 is 6.07. The predicted molar refractivity (Wildman–Crippen MR) is 82.7 cm³/mol. The van der Waals surface area contributed by atoms with Crippen molar-refractivity contribution in [3.63, 3.8) is 0 Å². The van der Waals surface area contributed by atoms with Crippen LogP contribution in [0.2, 0.25) is 5.02 Å². The van der Waals surface area contributed by atoms with E-state index in [0.717, 1.165) is 18.7 Å². The first kappa shape index (κ1) is 15.3. The molecule has 21 heavy (non-hydrogen) atoms. The highest BCUT2D eigenvalue weighted by molar-refractivity contribution is 6.33. The molecule has 2 aromatic rings. The van der Waals surface area contributed by atoms with Crippen LogP contribution in [0.15, 0.2) is 24.5 Å². The molecule has 2 N–H and O–H groups in total. The van der Waals surface area contributed by atoms with Crippen LogP contribution in [0.5, 0.6) is 0 Å². The molecule has 6 nitrogen and oxygen atoms in total. The number of pyridine rings is 1. The fraction of sp³-hybridized carbons (Fsp3) is 0.357. The fourth-order valence-corrected chi connectivity index (χ4v) is 2.15. The largest absolute Gasteiger partial charge is 0.369 e. The van der Waals surface area contributed by atoms with Crippen LogP contribution >= 0.6 is 11.6 Å². The van der Waals surface area contributed by atoms with E-state index in [0.29, 0.717) is 22.9 Å². The summed E-state index contributed by atoms with van der Waals surface area (Å²) in [5.41, 5.74) is 1.51. The van der Waals surface area contributed by atoms with Crippen molar-refractivity contribution >= 4 is 23.3 Å². The highest BCUT2D eigenvalue weighted by Crippen LogP contribution is 2.19. The van der Waals surface area contributed by atoms with Gasteiger partial charge in [0.1, 0.15) is 5.82 Å². The first-order valence-electron chi connectivity index (χ1n) is 6.76. The van der Waals surface area contributed by atoms with Gasteiger partial charge in [-0.15, -0.1) is 0 Å². The third kappa shape index (κ3) is 3.95. The molecule has 0 saturated heterocycles. The van der Waals surface area contributed by atoms with Crippen molar-refractivity contribution in [2.45, 2.75) is 13.3 Å². The van der Waals surface area contributed by atoms with Crippen LogP contribution in [-0.2, 0) is 13.5 Å². The van der Waals surface area contributed by atoms with E-state index < -0.39 is 0 Å². The summed E-state index contributed by atoms with van der Waals surface area (Å²) in [5.74, 6) is 0.403. The predicted octanol–water partition coefficient (Wildman–Crippen LogP) is 1.87. The second kappa shape index (κ2) is 7.08. The van der Waals surface area contributed by atoms with E-state index in [9.17, 15) is 4.79 Å². The number of carbonyl (C=O) groups is 1. The Bertz CT molecular complexity index is 626. The van der Waals surface area contributed by atoms with Crippen LogP contribution in [0, 0.1) is 0 Å². The van der Waals surface area contributed by atoms with Gasteiger partial charge in [0.25, 0.3) is 5.91 Å². The van der Waals surface area contributed by atoms with Gasteiger partial charge in [-0.2, -0.15) is 5.10 Å². The Hall–Kier alpha value is -2.08. The second-order valence-corrected chi connectivity index (χ2v) is 4.94. The van der Waals surface area contributed by atoms with Gasteiger partial charge in [0.15, 0.2) is 0 Å². The molecule has 0 spiro atoms. The summed E-state index contributed by atoms with van der Waals surface area (Å²) in [6, 6.07) is 3.54. The van der Waals surface area contributed by atoms with Gasteiger partial charge in [0, 0.05) is 44.6 Å². The molecule has 0 aliphatic rings. The quantitative estimate of drug-likeness (QED) is 0.854. The number of halogens is 1. The highest BCUT2D eigenvalue weighted by Gasteiger charge is 2.09. The lowest BCUT2D eigenvalue weighted by atomic mass is 10.2. The monoisotopic (exact) mass is 307 g/mol. The van der Waals surface area contributed by atoms with Crippen molar-refractivity contribution < 1.29 is 4.79 Å². The topological polar surface area (TPSA) is 71.8 Å². The number of rotatable bonds is 6. The van der Waals surface area contributed by atoms with E-state index in [-0.39, 0.29) is 5.91 Å². The molecule has 1 amide bonds. The number of carbonyl (C=O) groups excluding carboxylic acids is 1. The Balaban J connectivity index is 1.91. The van der Waals surface area contributed by atoms with Crippen molar-refractivity contribution in [3.05, 3.63) is 40.8 Å². The van der Waals surface area contributed by atoms with Gasteiger partial charge in [-0.05, 0) is 19.1 Å². The number of aryl methyl sites for hydroxylation is 1. The van der Waals surface area contributed by atoms with Gasteiger partial charge in [0.2, 0.25) is 0 Å². The van der Waals surface area contributed by atoms with E-state index in [4.69, 9.17) is 11.6 Å². The van der Waals surface area contributed by atoms with Gasteiger partial charge in [-0.1, -0.05) is 11.6 Å². The minimum Gasteiger partial charge on any atom is -0.369 e. The van der Waals surface area contributed by atoms with Crippen molar-refractivity contribution in [1.29, 1.82) is 0 Å².